The summed E-state index contributed by atoms with van der Waals surface area (Å²) in [5, 5.41) is 0. The van der Waals surface area contributed by atoms with Crippen LogP contribution in [0.25, 0.3) is 0 Å². The lowest BCUT2D eigenvalue weighted by molar-refractivity contribution is 0.143. The van der Waals surface area contributed by atoms with Gasteiger partial charge in [-0.15, -0.1) is 0 Å². The van der Waals surface area contributed by atoms with Crippen LogP contribution in [-0.4, -0.2) is 24.8 Å². The van der Waals surface area contributed by atoms with Gasteiger partial charge in [0.1, 0.15) is 9.84 Å². The third kappa shape index (κ3) is 4.52. The molecule has 0 N–H and O–H groups in total. The van der Waals surface area contributed by atoms with E-state index >= 15 is 0 Å². The molecule has 0 aromatic rings. The Morgan fingerprint density at radius 2 is 1.89 bits per heavy atom. The summed E-state index contributed by atoms with van der Waals surface area (Å²) in [6.45, 7) is 8.50. The zero-order valence-electron chi connectivity index (χ0n) is 12.1. The average Bonchev–Trinajstić information content (AvgIpc) is 2.26. The lowest BCUT2D eigenvalue weighted by Gasteiger charge is -2.42. The van der Waals surface area contributed by atoms with Crippen molar-refractivity contribution in [3.63, 3.8) is 0 Å². The molecule has 1 saturated carbocycles. The van der Waals surface area contributed by atoms with E-state index in [1.807, 2.05) is 0 Å². The maximum atomic E-state index is 11.7. The second-order valence-electron chi connectivity index (χ2n) is 6.52. The van der Waals surface area contributed by atoms with Gasteiger partial charge in [-0.3, -0.25) is 0 Å². The molecule has 0 radical (unpaired) electrons. The molecule has 2 nitrogen and oxygen atoms in total. The molecular weight excluding hydrogens is 312 g/mol. The fourth-order valence-electron chi connectivity index (χ4n) is 2.94. The second kappa shape index (κ2) is 6.25. The van der Waals surface area contributed by atoms with Crippen LogP contribution in [0.4, 0.5) is 0 Å². The zero-order chi connectivity index (χ0) is 14.0. The first-order valence-corrected chi connectivity index (χ1v) is 9.76. The van der Waals surface area contributed by atoms with E-state index in [0.717, 1.165) is 12.3 Å². The van der Waals surface area contributed by atoms with E-state index in [0.29, 0.717) is 16.5 Å². The molecule has 1 aliphatic rings. The van der Waals surface area contributed by atoms with E-state index < -0.39 is 9.84 Å². The fraction of sp³-hybridized carbons (Fsp3) is 1.00. The standard InChI is InChI=1S/C14H27BrO2S/c1-5-18(16,17)9-8-14(3,4)12-7-6-11(2)10-13(12)15/h11-13H,5-10H2,1-4H3. The quantitative estimate of drug-likeness (QED) is 0.709. The van der Waals surface area contributed by atoms with Crippen molar-refractivity contribution in [3.8, 4) is 0 Å². The third-order valence-electron chi connectivity index (χ3n) is 4.54. The predicted molar refractivity (Wildman–Crippen MR) is 81.9 cm³/mol. The molecule has 18 heavy (non-hydrogen) atoms. The van der Waals surface area contributed by atoms with Gasteiger partial charge in [0.05, 0.1) is 5.75 Å². The Balaban J connectivity index is 2.63. The molecule has 0 aromatic carbocycles. The second-order valence-corrected chi connectivity index (χ2v) is 10.2. The maximum absolute atomic E-state index is 11.7. The summed E-state index contributed by atoms with van der Waals surface area (Å²) in [4.78, 5) is 0.542. The average molecular weight is 339 g/mol. The summed E-state index contributed by atoms with van der Waals surface area (Å²) in [6.07, 6.45) is 4.49. The highest BCUT2D eigenvalue weighted by atomic mass is 79.9. The largest absolute Gasteiger partial charge is 0.229 e. The van der Waals surface area contributed by atoms with Crippen molar-refractivity contribution in [3.05, 3.63) is 0 Å². The summed E-state index contributed by atoms with van der Waals surface area (Å²) in [5.41, 5.74) is 0.108. The van der Waals surface area contributed by atoms with Crippen molar-refractivity contribution in [2.24, 2.45) is 17.3 Å². The topological polar surface area (TPSA) is 34.1 Å². The van der Waals surface area contributed by atoms with Crippen LogP contribution in [0, 0.1) is 17.3 Å². The van der Waals surface area contributed by atoms with E-state index in [1.165, 1.54) is 19.3 Å². The van der Waals surface area contributed by atoms with E-state index in [9.17, 15) is 8.42 Å². The number of alkyl halides is 1. The smallest absolute Gasteiger partial charge is 0.150 e. The van der Waals surface area contributed by atoms with Crippen LogP contribution < -0.4 is 0 Å². The van der Waals surface area contributed by atoms with Gasteiger partial charge < -0.3 is 0 Å². The van der Waals surface area contributed by atoms with Crippen LogP contribution in [-0.2, 0) is 9.84 Å². The molecule has 4 heteroatoms. The van der Waals surface area contributed by atoms with Gasteiger partial charge in [0.25, 0.3) is 0 Å². The van der Waals surface area contributed by atoms with E-state index in [4.69, 9.17) is 0 Å². The summed E-state index contributed by atoms with van der Waals surface area (Å²) in [7, 11) is -2.83. The number of sulfone groups is 1. The van der Waals surface area contributed by atoms with Gasteiger partial charge in [-0.25, -0.2) is 8.42 Å². The van der Waals surface area contributed by atoms with Crippen molar-refractivity contribution < 1.29 is 8.42 Å². The number of hydrogen-bond donors (Lipinski definition) is 0. The highest BCUT2D eigenvalue weighted by Gasteiger charge is 2.38. The van der Waals surface area contributed by atoms with Gasteiger partial charge in [-0.2, -0.15) is 0 Å². The van der Waals surface area contributed by atoms with Gasteiger partial charge in [-0.1, -0.05) is 50.0 Å². The van der Waals surface area contributed by atoms with Crippen LogP contribution in [0.5, 0.6) is 0 Å². The Bertz CT molecular complexity index is 362. The number of halogens is 1. The van der Waals surface area contributed by atoms with Gasteiger partial charge in [0.2, 0.25) is 0 Å². The Morgan fingerprint density at radius 1 is 1.28 bits per heavy atom. The molecule has 0 spiro atoms. The molecule has 1 rings (SSSR count). The highest BCUT2D eigenvalue weighted by Crippen LogP contribution is 2.45. The van der Waals surface area contributed by atoms with E-state index in [-0.39, 0.29) is 11.2 Å². The predicted octanol–water partition coefficient (Wildman–Crippen LogP) is 4.04. The number of rotatable bonds is 5. The Labute approximate surface area is 121 Å². The lowest BCUT2D eigenvalue weighted by atomic mass is 9.68. The van der Waals surface area contributed by atoms with Crippen molar-refractivity contribution in [1.29, 1.82) is 0 Å². The number of hydrogen-bond acceptors (Lipinski definition) is 2. The van der Waals surface area contributed by atoms with E-state index in [1.54, 1.807) is 6.92 Å². The van der Waals surface area contributed by atoms with Gasteiger partial charge in [0, 0.05) is 10.6 Å². The Morgan fingerprint density at radius 3 is 2.39 bits per heavy atom. The molecular formula is C14H27BrO2S. The maximum Gasteiger partial charge on any atom is 0.150 e. The fourth-order valence-corrected chi connectivity index (χ4v) is 5.68. The SMILES string of the molecule is CCS(=O)(=O)CCC(C)(C)C1CCC(C)CC1Br. The lowest BCUT2D eigenvalue weighted by Crippen LogP contribution is -2.37. The van der Waals surface area contributed by atoms with Crippen LogP contribution in [0.2, 0.25) is 0 Å². The van der Waals surface area contributed by atoms with Crippen LogP contribution in [0.1, 0.15) is 53.4 Å². The summed E-state index contributed by atoms with van der Waals surface area (Å²) >= 11 is 3.82. The summed E-state index contributed by atoms with van der Waals surface area (Å²) in [5.74, 6) is 1.99. The Kier molecular flexibility index (Phi) is 5.73. The Hall–Kier alpha value is 0.430. The monoisotopic (exact) mass is 338 g/mol. The van der Waals surface area contributed by atoms with Gasteiger partial charge in [0.15, 0.2) is 0 Å². The van der Waals surface area contributed by atoms with Crippen molar-refractivity contribution >= 4 is 25.8 Å². The summed E-state index contributed by atoms with van der Waals surface area (Å²) in [6, 6.07) is 0. The third-order valence-corrected chi connectivity index (χ3v) is 7.25. The molecule has 108 valence electrons. The minimum absolute atomic E-state index is 0.108. The van der Waals surface area contributed by atoms with Crippen LogP contribution in [0.15, 0.2) is 0 Å². The molecule has 0 aliphatic heterocycles. The van der Waals surface area contributed by atoms with Crippen LogP contribution >= 0.6 is 15.9 Å². The molecule has 3 unspecified atom stereocenters. The molecule has 3 atom stereocenters. The molecule has 0 bridgehead atoms. The zero-order valence-corrected chi connectivity index (χ0v) is 14.5. The van der Waals surface area contributed by atoms with E-state index in [2.05, 4.69) is 36.7 Å². The minimum atomic E-state index is -2.83. The van der Waals surface area contributed by atoms with Crippen LogP contribution in [0.3, 0.4) is 0 Å². The normalized spacial score (nSPS) is 30.4. The molecule has 0 amide bonds. The highest BCUT2D eigenvalue weighted by molar-refractivity contribution is 9.09. The molecule has 0 heterocycles. The van der Waals surface area contributed by atoms with Gasteiger partial charge >= 0.3 is 0 Å². The first-order valence-electron chi connectivity index (χ1n) is 7.02. The first-order chi connectivity index (χ1) is 8.18. The molecule has 0 saturated heterocycles. The van der Waals surface area contributed by atoms with Gasteiger partial charge in [-0.05, 0) is 36.5 Å². The first kappa shape index (κ1) is 16.5. The van der Waals surface area contributed by atoms with Crippen molar-refractivity contribution in [2.45, 2.75) is 58.2 Å². The minimum Gasteiger partial charge on any atom is -0.229 e. The molecule has 1 fully saturated rings. The summed E-state index contributed by atoms with van der Waals surface area (Å²) < 4.78 is 23.3. The molecule has 1 aliphatic carbocycles. The van der Waals surface area contributed by atoms with Crippen molar-refractivity contribution in [1.82, 2.24) is 0 Å². The molecule has 0 aromatic heterocycles. The van der Waals surface area contributed by atoms with Crippen molar-refractivity contribution in [2.75, 3.05) is 11.5 Å².